The maximum atomic E-state index is 14.3. The zero-order valence-electron chi connectivity index (χ0n) is 18.2. The Morgan fingerprint density at radius 2 is 1.97 bits per heavy atom. The van der Waals surface area contributed by atoms with E-state index in [1.165, 1.54) is 11.0 Å². The molecule has 1 aliphatic heterocycles. The molecule has 9 nitrogen and oxygen atoms in total. The van der Waals surface area contributed by atoms with Gasteiger partial charge in [-0.15, -0.1) is 5.10 Å². The molecule has 35 heavy (non-hydrogen) atoms. The fraction of sp³-hybridized carbons (Fsp3) is 0.125. The Morgan fingerprint density at radius 3 is 2.77 bits per heavy atom. The Balaban J connectivity index is 1.39. The van der Waals surface area contributed by atoms with Crippen LogP contribution in [0.3, 0.4) is 0 Å². The largest absolute Gasteiger partial charge is 0.384 e. The maximum Gasteiger partial charge on any atom is 0.251 e. The molecule has 0 fully saturated rings. The number of nitrogens with one attached hydrogen (secondary N) is 1. The molecular formula is C24H18ClFN8O. The maximum absolute atomic E-state index is 14.3. The molecule has 5 aromatic rings. The van der Waals surface area contributed by atoms with E-state index in [2.05, 4.69) is 25.5 Å². The van der Waals surface area contributed by atoms with E-state index >= 15 is 0 Å². The molecule has 0 saturated carbocycles. The van der Waals surface area contributed by atoms with Crippen LogP contribution in [0.5, 0.6) is 0 Å². The van der Waals surface area contributed by atoms with E-state index in [4.69, 9.17) is 17.3 Å². The minimum Gasteiger partial charge on any atom is -0.384 e. The molecule has 11 heteroatoms. The fourth-order valence-electron chi connectivity index (χ4n) is 4.67. The molecule has 0 bridgehead atoms. The van der Waals surface area contributed by atoms with Crippen molar-refractivity contribution in [2.24, 2.45) is 0 Å². The third kappa shape index (κ3) is 3.68. The fourth-order valence-corrected chi connectivity index (χ4v) is 4.84. The smallest absolute Gasteiger partial charge is 0.251 e. The van der Waals surface area contributed by atoms with Gasteiger partial charge in [0.25, 0.3) is 5.56 Å². The monoisotopic (exact) mass is 488 g/mol. The van der Waals surface area contributed by atoms with Gasteiger partial charge in [-0.3, -0.25) is 4.79 Å². The van der Waals surface area contributed by atoms with Crippen LogP contribution < -0.4 is 11.3 Å². The normalized spacial score (nSPS) is 14.9. The number of pyridine rings is 2. The van der Waals surface area contributed by atoms with Crippen LogP contribution in [0.2, 0.25) is 5.02 Å². The minimum absolute atomic E-state index is 0.119. The lowest BCUT2D eigenvalue weighted by Gasteiger charge is -2.15. The Labute approximate surface area is 203 Å². The second kappa shape index (κ2) is 8.17. The van der Waals surface area contributed by atoms with Crippen LogP contribution in [0.4, 0.5) is 10.2 Å². The van der Waals surface area contributed by atoms with E-state index in [1.54, 1.807) is 41.0 Å². The molecule has 0 saturated heterocycles. The van der Waals surface area contributed by atoms with Gasteiger partial charge in [0.15, 0.2) is 0 Å². The summed E-state index contributed by atoms with van der Waals surface area (Å²) in [5, 5.41) is 11.9. The van der Waals surface area contributed by atoms with Crippen LogP contribution in [0.1, 0.15) is 23.9 Å². The van der Waals surface area contributed by atoms with Crippen LogP contribution in [-0.4, -0.2) is 34.7 Å². The van der Waals surface area contributed by atoms with Crippen LogP contribution in [0.25, 0.3) is 28.1 Å². The zero-order valence-corrected chi connectivity index (χ0v) is 18.9. The van der Waals surface area contributed by atoms with Gasteiger partial charge in [0.2, 0.25) is 5.95 Å². The topological polar surface area (TPSA) is 120 Å². The minimum atomic E-state index is -0.646. The molecule has 0 radical (unpaired) electrons. The Bertz CT molecular complexity index is 1630. The lowest BCUT2D eigenvalue weighted by molar-refractivity contribution is 0.584. The van der Waals surface area contributed by atoms with Crippen LogP contribution in [0.15, 0.2) is 65.7 Å². The molecule has 1 aliphatic rings. The average molecular weight is 489 g/mol. The second-order valence-electron chi connectivity index (χ2n) is 8.32. The SMILES string of the molecule is Nc1ccc(-c2ccc([C@@H]3CCc4cc(-c5cc(Cl)ccc5-n5cnnn5)cc(=O)n43)[nH]2)c(F)n1. The van der Waals surface area contributed by atoms with Gasteiger partial charge in [-0.1, -0.05) is 11.6 Å². The van der Waals surface area contributed by atoms with Crippen molar-refractivity contribution in [3.63, 3.8) is 0 Å². The van der Waals surface area contributed by atoms with Crippen molar-refractivity contribution in [3.8, 4) is 28.1 Å². The number of anilines is 1. The number of aromatic amines is 1. The molecule has 3 N–H and O–H groups in total. The lowest BCUT2D eigenvalue weighted by atomic mass is 10.0. The van der Waals surface area contributed by atoms with Crippen molar-refractivity contribution < 1.29 is 4.39 Å². The summed E-state index contributed by atoms with van der Waals surface area (Å²) in [4.78, 5) is 20.3. The van der Waals surface area contributed by atoms with Crippen LogP contribution in [0, 0.1) is 5.95 Å². The highest BCUT2D eigenvalue weighted by Gasteiger charge is 2.27. The van der Waals surface area contributed by atoms with Gasteiger partial charge in [0.1, 0.15) is 12.1 Å². The van der Waals surface area contributed by atoms with E-state index in [0.29, 0.717) is 28.4 Å². The summed E-state index contributed by atoms with van der Waals surface area (Å²) >= 11 is 6.27. The molecular weight excluding hydrogens is 471 g/mol. The number of benzene rings is 1. The van der Waals surface area contributed by atoms with Gasteiger partial charge < -0.3 is 15.3 Å². The summed E-state index contributed by atoms with van der Waals surface area (Å²) in [6.45, 7) is 0. The summed E-state index contributed by atoms with van der Waals surface area (Å²) < 4.78 is 17.6. The number of nitrogens with two attached hydrogens (primary N) is 1. The molecule has 0 unspecified atom stereocenters. The number of hydrogen-bond acceptors (Lipinski definition) is 6. The summed E-state index contributed by atoms with van der Waals surface area (Å²) in [6.07, 6.45) is 2.93. The van der Waals surface area contributed by atoms with Crippen LogP contribution in [-0.2, 0) is 6.42 Å². The molecule has 1 aromatic carbocycles. The Morgan fingerprint density at radius 1 is 1.09 bits per heavy atom. The number of aromatic nitrogens is 7. The molecule has 4 aromatic heterocycles. The number of nitrogen functional groups attached to an aromatic ring is 1. The first-order valence-corrected chi connectivity index (χ1v) is 11.3. The molecule has 1 atom stereocenters. The van der Waals surface area contributed by atoms with Crippen molar-refractivity contribution in [3.05, 3.63) is 93.6 Å². The third-order valence-corrected chi connectivity index (χ3v) is 6.46. The van der Waals surface area contributed by atoms with E-state index in [-0.39, 0.29) is 17.4 Å². The summed E-state index contributed by atoms with van der Waals surface area (Å²) in [5.41, 5.74) is 10.2. The standard InChI is InChI=1S/C24H18ClFN8O/c25-14-1-6-20(33-12-28-31-32-33)17(11-14)13-9-15-2-7-21(34(15)23(35)10-13)19-5-4-18(29-19)16-3-8-22(27)30-24(16)26/h1,3-6,8-12,21,29H,2,7H2,(H2,27,30)/t21-/m0/s1. The number of H-pyrrole nitrogens is 1. The number of halogens is 2. The molecule has 174 valence electrons. The molecule has 0 aliphatic carbocycles. The van der Waals surface area contributed by atoms with Gasteiger partial charge in [-0.05, 0) is 77.4 Å². The molecule has 6 rings (SSSR count). The highest BCUT2D eigenvalue weighted by molar-refractivity contribution is 6.31. The van der Waals surface area contributed by atoms with Gasteiger partial charge in [0, 0.05) is 28.0 Å². The average Bonchev–Trinajstić information content (AvgIpc) is 3.59. The molecule has 5 heterocycles. The van der Waals surface area contributed by atoms with Crippen molar-refractivity contribution in [1.82, 2.24) is 34.7 Å². The summed E-state index contributed by atoms with van der Waals surface area (Å²) in [5.74, 6) is -0.528. The van der Waals surface area contributed by atoms with Gasteiger partial charge >= 0.3 is 0 Å². The Kier molecular flexibility index (Phi) is 4.96. The summed E-state index contributed by atoms with van der Waals surface area (Å²) in [7, 11) is 0. The van der Waals surface area contributed by atoms with E-state index in [9.17, 15) is 9.18 Å². The number of aryl methyl sites for hydroxylation is 1. The van der Waals surface area contributed by atoms with Crippen molar-refractivity contribution in [1.29, 1.82) is 0 Å². The highest BCUT2D eigenvalue weighted by Crippen LogP contribution is 2.35. The second-order valence-corrected chi connectivity index (χ2v) is 8.75. The molecule has 0 spiro atoms. The first kappa shape index (κ1) is 21.2. The van der Waals surface area contributed by atoms with Gasteiger partial charge in [0.05, 0.1) is 23.0 Å². The van der Waals surface area contributed by atoms with Gasteiger partial charge in [-0.2, -0.15) is 9.07 Å². The predicted molar refractivity (Wildman–Crippen MR) is 129 cm³/mol. The number of nitrogens with zero attached hydrogens (tertiary/aromatic N) is 6. The van der Waals surface area contributed by atoms with E-state index < -0.39 is 5.95 Å². The predicted octanol–water partition coefficient (Wildman–Crippen LogP) is 3.79. The van der Waals surface area contributed by atoms with Crippen molar-refractivity contribution in [2.75, 3.05) is 5.73 Å². The Hall–Kier alpha value is -4.31. The molecule has 0 amide bonds. The van der Waals surface area contributed by atoms with E-state index in [1.807, 2.05) is 18.2 Å². The number of rotatable bonds is 4. The van der Waals surface area contributed by atoms with E-state index in [0.717, 1.165) is 28.9 Å². The third-order valence-electron chi connectivity index (χ3n) is 6.23. The zero-order chi connectivity index (χ0) is 24.1. The number of tetrazole rings is 1. The summed E-state index contributed by atoms with van der Waals surface area (Å²) in [6, 6.07) is 15.5. The number of fused-ring (bicyclic) bond motifs is 1. The van der Waals surface area contributed by atoms with Crippen molar-refractivity contribution in [2.45, 2.75) is 18.9 Å². The first-order valence-electron chi connectivity index (χ1n) is 10.9. The quantitative estimate of drug-likeness (QED) is 0.371. The highest BCUT2D eigenvalue weighted by atomic mass is 35.5. The number of hydrogen-bond donors (Lipinski definition) is 2. The van der Waals surface area contributed by atoms with Crippen molar-refractivity contribution >= 4 is 17.4 Å². The lowest BCUT2D eigenvalue weighted by Crippen LogP contribution is -2.23. The van der Waals surface area contributed by atoms with Gasteiger partial charge in [-0.25, -0.2) is 4.98 Å². The van der Waals surface area contributed by atoms with Crippen LogP contribution >= 0.6 is 11.6 Å². The first-order chi connectivity index (χ1) is 17.0.